The molecular formula is C21H22N2. The lowest BCUT2D eigenvalue weighted by molar-refractivity contribution is 0.193. The number of rotatable bonds is 2. The molecule has 1 heterocycles. The molecule has 1 aliphatic rings. The van der Waals surface area contributed by atoms with Crippen molar-refractivity contribution < 1.29 is 0 Å². The van der Waals surface area contributed by atoms with Gasteiger partial charge in [0.25, 0.3) is 0 Å². The molecular weight excluding hydrogens is 280 g/mol. The number of nitrogens with one attached hydrogen (secondary N) is 1. The first-order valence-corrected chi connectivity index (χ1v) is 8.27. The smallest absolute Gasteiger partial charge is 0.0482 e. The third-order valence-corrected chi connectivity index (χ3v) is 4.85. The van der Waals surface area contributed by atoms with Crippen LogP contribution < -0.4 is 5.32 Å². The summed E-state index contributed by atoms with van der Waals surface area (Å²) in [6.45, 7) is 2.01. The van der Waals surface area contributed by atoms with Crippen molar-refractivity contribution in [1.29, 1.82) is 0 Å². The van der Waals surface area contributed by atoms with Gasteiger partial charge in [-0.25, -0.2) is 0 Å². The highest BCUT2D eigenvalue weighted by atomic mass is 15.2. The first kappa shape index (κ1) is 14.4. The summed E-state index contributed by atoms with van der Waals surface area (Å²) in [6.07, 6.45) is 0. The molecule has 3 aromatic carbocycles. The van der Waals surface area contributed by atoms with E-state index in [1.54, 1.807) is 0 Å². The molecule has 2 atom stereocenters. The highest BCUT2D eigenvalue weighted by Gasteiger charge is 2.29. The van der Waals surface area contributed by atoms with Gasteiger partial charge in [-0.1, -0.05) is 72.8 Å². The van der Waals surface area contributed by atoms with E-state index in [0.717, 1.165) is 13.2 Å². The topological polar surface area (TPSA) is 15.3 Å². The Morgan fingerprint density at radius 2 is 1.57 bits per heavy atom. The molecule has 23 heavy (non-hydrogen) atoms. The van der Waals surface area contributed by atoms with Gasteiger partial charge < -0.3 is 0 Å². The molecule has 2 nitrogen and oxygen atoms in total. The van der Waals surface area contributed by atoms with Crippen LogP contribution in [0.15, 0.2) is 72.8 Å². The Kier molecular flexibility index (Phi) is 3.86. The van der Waals surface area contributed by atoms with Crippen molar-refractivity contribution >= 4 is 10.8 Å². The zero-order valence-corrected chi connectivity index (χ0v) is 13.4. The van der Waals surface area contributed by atoms with E-state index < -0.39 is 0 Å². The van der Waals surface area contributed by atoms with Crippen molar-refractivity contribution in [3.8, 4) is 0 Å². The van der Waals surface area contributed by atoms with Gasteiger partial charge in [-0.15, -0.1) is 0 Å². The van der Waals surface area contributed by atoms with Gasteiger partial charge in [-0.05, 0) is 28.9 Å². The fourth-order valence-electron chi connectivity index (χ4n) is 3.65. The molecule has 0 aliphatic carbocycles. The van der Waals surface area contributed by atoms with Crippen molar-refractivity contribution in [2.24, 2.45) is 0 Å². The molecule has 0 bridgehead atoms. The molecule has 1 fully saturated rings. The van der Waals surface area contributed by atoms with Gasteiger partial charge >= 0.3 is 0 Å². The van der Waals surface area contributed by atoms with Crippen molar-refractivity contribution in [1.82, 2.24) is 10.2 Å². The minimum Gasteiger partial charge on any atom is -0.297 e. The number of fused-ring (bicyclic) bond motifs is 1. The molecule has 0 saturated carbocycles. The fourth-order valence-corrected chi connectivity index (χ4v) is 3.65. The summed E-state index contributed by atoms with van der Waals surface area (Å²) in [5.41, 5.74) is 2.79. The van der Waals surface area contributed by atoms with Crippen LogP contribution in [0.25, 0.3) is 10.8 Å². The van der Waals surface area contributed by atoms with Crippen molar-refractivity contribution in [2.75, 3.05) is 20.3 Å². The Balaban J connectivity index is 1.75. The van der Waals surface area contributed by atoms with Crippen molar-refractivity contribution in [3.63, 3.8) is 0 Å². The fraction of sp³-hybridized carbons (Fsp3) is 0.238. The monoisotopic (exact) mass is 302 g/mol. The quantitative estimate of drug-likeness (QED) is 0.765. The van der Waals surface area contributed by atoms with Gasteiger partial charge in [-0.3, -0.25) is 10.2 Å². The first-order chi connectivity index (χ1) is 11.3. The van der Waals surface area contributed by atoms with E-state index in [1.165, 1.54) is 21.9 Å². The minimum atomic E-state index is 0.369. The van der Waals surface area contributed by atoms with E-state index in [2.05, 4.69) is 90.1 Å². The summed E-state index contributed by atoms with van der Waals surface area (Å²) >= 11 is 0. The third kappa shape index (κ3) is 2.88. The molecule has 0 unspecified atom stereocenters. The predicted molar refractivity (Wildman–Crippen MR) is 96.5 cm³/mol. The maximum atomic E-state index is 3.71. The van der Waals surface area contributed by atoms with E-state index in [1.807, 2.05) is 0 Å². The lowest BCUT2D eigenvalue weighted by Crippen LogP contribution is -2.46. The first-order valence-electron chi connectivity index (χ1n) is 8.27. The SMILES string of the molecule is CN1CN[C@@H](c2ccccc2)[C@@H](c2ccc3ccccc3c2)C1. The van der Waals surface area contributed by atoms with Crippen LogP contribution in [-0.2, 0) is 0 Å². The molecule has 2 heteroatoms. The van der Waals surface area contributed by atoms with Gasteiger partial charge in [0, 0.05) is 25.2 Å². The molecule has 1 aliphatic heterocycles. The van der Waals surface area contributed by atoms with Crippen molar-refractivity contribution in [2.45, 2.75) is 12.0 Å². The third-order valence-electron chi connectivity index (χ3n) is 4.85. The predicted octanol–water partition coefficient (Wildman–Crippen LogP) is 4.16. The van der Waals surface area contributed by atoms with Gasteiger partial charge in [0.15, 0.2) is 0 Å². The lowest BCUT2D eigenvalue weighted by Gasteiger charge is -2.38. The van der Waals surface area contributed by atoms with Crippen LogP contribution in [0.5, 0.6) is 0 Å². The Morgan fingerprint density at radius 1 is 0.826 bits per heavy atom. The normalized spacial score (nSPS) is 22.3. The van der Waals surface area contributed by atoms with Gasteiger partial charge in [-0.2, -0.15) is 0 Å². The molecule has 0 aromatic heterocycles. The summed E-state index contributed by atoms with van der Waals surface area (Å²) < 4.78 is 0. The van der Waals surface area contributed by atoms with Crippen LogP contribution in [-0.4, -0.2) is 25.2 Å². The van der Waals surface area contributed by atoms with E-state index >= 15 is 0 Å². The Labute approximate surface area is 137 Å². The van der Waals surface area contributed by atoms with Crippen LogP contribution in [0.4, 0.5) is 0 Å². The second-order valence-corrected chi connectivity index (χ2v) is 6.50. The zero-order valence-electron chi connectivity index (χ0n) is 13.4. The summed E-state index contributed by atoms with van der Waals surface area (Å²) in [5, 5.41) is 6.34. The summed E-state index contributed by atoms with van der Waals surface area (Å²) in [7, 11) is 2.18. The summed E-state index contributed by atoms with van der Waals surface area (Å²) in [6, 6.07) is 26.7. The molecule has 0 amide bonds. The van der Waals surface area contributed by atoms with Crippen LogP contribution in [0.2, 0.25) is 0 Å². The second kappa shape index (κ2) is 6.15. The summed E-state index contributed by atoms with van der Waals surface area (Å²) in [4.78, 5) is 2.36. The number of benzene rings is 3. The lowest BCUT2D eigenvalue weighted by atomic mass is 9.84. The van der Waals surface area contributed by atoms with Gasteiger partial charge in [0.1, 0.15) is 0 Å². The molecule has 4 rings (SSSR count). The van der Waals surface area contributed by atoms with Gasteiger partial charge in [0.2, 0.25) is 0 Å². The maximum Gasteiger partial charge on any atom is 0.0482 e. The van der Waals surface area contributed by atoms with E-state index in [0.29, 0.717) is 12.0 Å². The standard InChI is InChI=1S/C21H22N2/c1-23-14-20(21(22-15-23)17-8-3-2-4-9-17)19-12-11-16-7-5-6-10-18(16)13-19/h2-13,20-22H,14-15H2,1H3/t20-,21+/m1/s1. The largest absolute Gasteiger partial charge is 0.297 e. The highest BCUT2D eigenvalue weighted by Crippen LogP contribution is 2.35. The molecule has 0 spiro atoms. The second-order valence-electron chi connectivity index (χ2n) is 6.50. The molecule has 1 N–H and O–H groups in total. The van der Waals surface area contributed by atoms with Crippen LogP contribution in [0, 0.1) is 0 Å². The van der Waals surface area contributed by atoms with E-state index in [-0.39, 0.29) is 0 Å². The van der Waals surface area contributed by atoms with Crippen LogP contribution in [0.1, 0.15) is 23.1 Å². The molecule has 116 valence electrons. The highest BCUT2D eigenvalue weighted by molar-refractivity contribution is 5.83. The average Bonchev–Trinajstić information content (AvgIpc) is 2.62. The van der Waals surface area contributed by atoms with Crippen LogP contribution >= 0.6 is 0 Å². The maximum absolute atomic E-state index is 3.71. The average molecular weight is 302 g/mol. The Morgan fingerprint density at radius 3 is 2.39 bits per heavy atom. The number of likely N-dealkylation sites (N-methyl/N-ethyl adjacent to an activating group) is 1. The number of hydrogen-bond donors (Lipinski definition) is 1. The van der Waals surface area contributed by atoms with E-state index in [9.17, 15) is 0 Å². The Hall–Kier alpha value is -2.16. The van der Waals surface area contributed by atoms with E-state index in [4.69, 9.17) is 0 Å². The van der Waals surface area contributed by atoms with Crippen molar-refractivity contribution in [3.05, 3.63) is 83.9 Å². The molecule has 1 saturated heterocycles. The zero-order chi connectivity index (χ0) is 15.6. The number of hydrogen-bond acceptors (Lipinski definition) is 2. The molecule has 0 radical (unpaired) electrons. The number of nitrogens with zero attached hydrogens (tertiary/aromatic N) is 1. The minimum absolute atomic E-state index is 0.369. The van der Waals surface area contributed by atoms with Crippen LogP contribution in [0.3, 0.4) is 0 Å². The summed E-state index contributed by atoms with van der Waals surface area (Å²) in [5.74, 6) is 0.459. The Bertz CT molecular complexity index is 797. The van der Waals surface area contributed by atoms with Gasteiger partial charge in [0.05, 0.1) is 0 Å². The molecule has 3 aromatic rings.